The first-order valence-corrected chi connectivity index (χ1v) is 8.29. The van der Waals surface area contributed by atoms with Crippen LogP contribution in [-0.2, 0) is 9.53 Å². The Labute approximate surface area is 153 Å². The highest BCUT2D eigenvalue weighted by Crippen LogP contribution is 2.32. The summed E-state index contributed by atoms with van der Waals surface area (Å²) < 4.78 is 10.1. The molecule has 4 nitrogen and oxygen atoms in total. The van der Waals surface area contributed by atoms with E-state index in [0.717, 1.165) is 27.8 Å². The Morgan fingerprint density at radius 2 is 1.65 bits per heavy atom. The molecule has 0 spiro atoms. The Morgan fingerprint density at radius 3 is 2.35 bits per heavy atom. The molecule has 3 aromatic rings. The van der Waals surface area contributed by atoms with Gasteiger partial charge in [0.25, 0.3) is 0 Å². The van der Waals surface area contributed by atoms with Gasteiger partial charge in [-0.1, -0.05) is 49.0 Å². The Kier molecular flexibility index (Phi) is 5.23. The third-order valence-corrected chi connectivity index (χ3v) is 4.33. The third-order valence-electron chi connectivity index (χ3n) is 4.33. The Bertz CT molecular complexity index is 926. The summed E-state index contributed by atoms with van der Waals surface area (Å²) in [5, 5.41) is 5.56. The summed E-state index contributed by atoms with van der Waals surface area (Å²) in [6, 6.07) is 21.2. The van der Waals surface area contributed by atoms with Crippen molar-refractivity contribution in [1.29, 1.82) is 0 Å². The molecule has 0 heterocycles. The van der Waals surface area contributed by atoms with Crippen molar-refractivity contribution in [2.75, 3.05) is 19.5 Å². The monoisotopic (exact) mass is 347 g/mol. The maximum absolute atomic E-state index is 12.2. The van der Waals surface area contributed by atoms with Crippen molar-refractivity contribution < 1.29 is 14.3 Å². The summed E-state index contributed by atoms with van der Waals surface area (Å²) in [5.74, 6) is 0.327. The largest absolute Gasteiger partial charge is 0.497 e. The molecule has 0 aliphatic carbocycles. The predicted molar refractivity (Wildman–Crippen MR) is 104 cm³/mol. The van der Waals surface area contributed by atoms with E-state index in [2.05, 4.69) is 11.9 Å². The molecule has 0 saturated heterocycles. The molecule has 0 radical (unpaired) electrons. The first-order chi connectivity index (χ1) is 12.6. The van der Waals surface area contributed by atoms with E-state index >= 15 is 0 Å². The standard InChI is InChI=1S/C22H21NO3/c1-15(22(24)26-3)21(23-17-11-13-18(25-2)14-12-17)20-10-6-8-16-7-4-5-9-19(16)20/h4-14,21,23H,1H2,2-3H3. The van der Waals surface area contributed by atoms with E-state index in [9.17, 15) is 4.79 Å². The second kappa shape index (κ2) is 7.74. The third kappa shape index (κ3) is 3.54. The zero-order chi connectivity index (χ0) is 18.5. The molecule has 26 heavy (non-hydrogen) atoms. The zero-order valence-electron chi connectivity index (χ0n) is 14.9. The fourth-order valence-corrected chi connectivity index (χ4v) is 2.96. The average molecular weight is 347 g/mol. The average Bonchev–Trinajstić information content (AvgIpc) is 2.71. The van der Waals surface area contributed by atoms with Gasteiger partial charge >= 0.3 is 5.97 Å². The van der Waals surface area contributed by atoms with Crippen LogP contribution in [0.3, 0.4) is 0 Å². The maximum Gasteiger partial charge on any atom is 0.335 e. The van der Waals surface area contributed by atoms with Crippen LogP contribution in [0.25, 0.3) is 10.8 Å². The Balaban J connectivity index is 2.05. The molecular weight excluding hydrogens is 326 g/mol. The number of esters is 1. The number of ether oxygens (including phenoxy) is 2. The highest BCUT2D eigenvalue weighted by Gasteiger charge is 2.23. The van der Waals surface area contributed by atoms with Crippen molar-refractivity contribution in [2.45, 2.75) is 6.04 Å². The SMILES string of the molecule is C=C(C(=O)OC)C(Nc1ccc(OC)cc1)c1cccc2ccccc12. The number of hydrogen-bond acceptors (Lipinski definition) is 4. The second-order valence-electron chi connectivity index (χ2n) is 5.89. The first-order valence-electron chi connectivity index (χ1n) is 8.29. The van der Waals surface area contributed by atoms with E-state index in [0.29, 0.717) is 5.57 Å². The van der Waals surface area contributed by atoms with Gasteiger partial charge in [0.15, 0.2) is 0 Å². The van der Waals surface area contributed by atoms with Gasteiger partial charge in [-0.2, -0.15) is 0 Å². The van der Waals surface area contributed by atoms with Gasteiger partial charge in [-0.05, 0) is 40.6 Å². The van der Waals surface area contributed by atoms with E-state index in [4.69, 9.17) is 9.47 Å². The summed E-state index contributed by atoms with van der Waals surface area (Å²) in [6.45, 7) is 3.98. The molecule has 0 aromatic heterocycles. The van der Waals surface area contributed by atoms with Gasteiger partial charge in [0.05, 0.1) is 25.8 Å². The van der Waals surface area contributed by atoms with Crippen LogP contribution in [0.4, 0.5) is 5.69 Å². The van der Waals surface area contributed by atoms with Crippen LogP contribution in [-0.4, -0.2) is 20.2 Å². The van der Waals surface area contributed by atoms with Crippen LogP contribution in [0.5, 0.6) is 5.75 Å². The number of carbonyl (C=O) groups excluding carboxylic acids is 1. The lowest BCUT2D eigenvalue weighted by Crippen LogP contribution is -2.19. The van der Waals surface area contributed by atoms with Crippen molar-refractivity contribution in [1.82, 2.24) is 0 Å². The topological polar surface area (TPSA) is 47.6 Å². The van der Waals surface area contributed by atoms with E-state index in [1.807, 2.05) is 66.7 Å². The number of methoxy groups -OCH3 is 2. The quantitative estimate of drug-likeness (QED) is 0.517. The van der Waals surface area contributed by atoms with Crippen molar-refractivity contribution >= 4 is 22.4 Å². The number of nitrogens with one attached hydrogen (secondary N) is 1. The molecule has 0 bridgehead atoms. The summed E-state index contributed by atoms with van der Waals surface area (Å²) in [4.78, 5) is 12.2. The van der Waals surface area contributed by atoms with Crippen LogP contribution in [0.15, 0.2) is 78.9 Å². The summed E-state index contributed by atoms with van der Waals surface area (Å²) >= 11 is 0. The van der Waals surface area contributed by atoms with Gasteiger partial charge in [-0.25, -0.2) is 4.79 Å². The molecular formula is C22H21NO3. The molecule has 0 saturated carbocycles. The van der Waals surface area contributed by atoms with Crippen molar-refractivity contribution in [3.8, 4) is 5.75 Å². The van der Waals surface area contributed by atoms with Gasteiger partial charge in [-0.15, -0.1) is 0 Å². The minimum absolute atomic E-state index is 0.347. The Morgan fingerprint density at radius 1 is 0.962 bits per heavy atom. The molecule has 3 rings (SSSR count). The Hall–Kier alpha value is -3.27. The molecule has 3 aromatic carbocycles. The molecule has 132 valence electrons. The minimum Gasteiger partial charge on any atom is -0.497 e. The predicted octanol–water partition coefficient (Wildman–Crippen LogP) is 4.73. The van der Waals surface area contributed by atoms with Crippen molar-refractivity contribution in [3.05, 3.63) is 84.4 Å². The zero-order valence-corrected chi connectivity index (χ0v) is 14.9. The second-order valence-corrected chi connectivity index (χ2v) is 5.89. The molecule has 1 N–H and O–H groups in total. The number of fused-ring (bicyclic) bond motifs is 1. The van der Waals surface area contributed by atoms with E-state index in [1.54, 1.807) is 7.11 Å². The number of carbonyl (C=O) groups is 1. The van der Waals surface area contributed by atoms with Crippen LogP contribution in [0.2, 0.25) is 0 Å². The number of hydrogen-bond donors (Lipinski definition) is 1. The first kappa shape index (κ1) is 17.5. The van der Waals surface area contributed by atoms with Gasteiger partial charge in [0.2, 0.25) is 0 Å². The van der Waals surface area contributed by atoms with Crippen LogP contribution >= 0.6 is 0 Å². The van der Waals surface area contributed by atoms with Gasteiger partial charge < -0.3 is 14.8 Å². The number of rotatable bonds is 6. The van der Waals surface area contributed by atoms with Crippen LogP contribution in [0.1, 0.15) is 11.6 Å². The number of benzene rings is 3. The normalized spacial score (nSPS) is 11.6. The van der Waals surface area contributed by atoms with Crippen molar-refractivity contribution in [2.24, 2.45) is 0 Å². The molecule has 0 amide bonds. The molecule has 1 unspecified atom stereocenters. The van der Waals surface area contributed by atoms with Gasteiger partial charge in [0.1, 0.15) is 5.75 Å². The lowest BCUT2D eigenvalue weighted by molar-refractivity contribution is -0.136. The highest BCUT2D eigenvalue weighted by molar-refractivity contribution is 5.93. The number of anilines is 1. The summed E-state index contributed by atoms with van der Waals surface area (Å²) in [6.07, 6.45) is 0. The van der Waals surface area contributed by atoms with E-state index in [-0.39, 0.29) is 0 Å². The lowest BCUT2D eigenvalue weighted by Gasteiger charge is -2.23. The highest BCUT2D eigenvalue weighted by atomic mass is 16.5. The van der Waals surface area contributed by atoms with E-state index in [1.165, 1.54) is 7.11 Å². The minimum atomic E-state index is -0.441. The fourth-order valence-electron chi connectivity index (χ4n) is 2.96. The molecule has 0 aliphatic heterocycles. The summed E-state index contributed by atoms with van der Waals surface area (Å²) in [7, 11) is 2.99. The lowest BCUT2D eigenvalue weighted by atomic mass is 9.94. The molecule has 4 heteroatoms. The van der Waals surface area contributed by atoms with Gasteiger partial charge in [-0.3, -0.25) is 0 Å². The smallest absolute Gasteiger partial charge is 0.335 e. The van der Waals surface area contributed by atoms with Gasteiger partial charge in [0, 0.05) is 5.69 Å². The fraction of sp³-hybridized carbons (Fsp3) is 0.136. The summed E-state index contributed by atoms with van der Waals surface area (Å²) in [5.41, 5.74) is 2.17. The van der Waals surface area contributed by atoms with Crippen molar-refractivity contribution in [3.63, 3.8) is 0 Å². The van der Waals surface area contributed by atoms with E-state index < -0.39 is 12.0 Å². The van der Waals surface area contributed by atoms with Crippen LogP contribution in [0, 0.1) is 0 Å². The molecule has 0 aliphatic rings. The maximum atomic E-state index is 12.2. The molecule has 0 fully saturated rings. The molecule has 1 atom stereocenters. The van der Waals surface area contributed by atoms with Crippen LogP contribution < -0.4 is 10.1 Å².